The summed E-state index contributed by atoms with van der Waals surface area (Å²) in [4.78, 5) is 14.0. The monoisotopic (exact) mass is 414 g/mol. The lowest BCUT2D eigenvalue weighted by Crippen LogP contribution is -2.52. The van der Waals surface area contributed by atoms with Gasteiger partial charge in [0.1, 0.15) is 0 Å². The van der Waals surface area contributed by atoms with Gasteiger partial charge in [-0.1, -0.05) is 6.92 Å². The van der Waals surface area contributed by atoms with Gasteiger partial charge in [0.25, 0.3) is 11.0 Å². The Morgan fingerprint density at radius 2 is 2.03 bits per heavy atom. The fourth-order valence-corrected chi connectivity index (χ4v) is 3.63. The standard InChI is InChI=1S/C18H21F3N4O4/c1-2-15(27)16-17(18(19,20)21)25(29)13-4-3-11(9-14(13)24(16)28)23-7-6-22-10-12(23)5-8-26/h3-4,9,12,22,26H,2,5-8,10H2,1H3. The van der Waals surface area contributed by atoms with E-state index in [2.05, 4.69) is 5.32 Å². The van der Waals surface area contributed by atoms with E-state index in [9.17, 15) is 33.5 Å². The average molecular weight is 414 g/mol. The molecule has 0 saturated carbocycles. The first-order valence-electron chi connectivity index (χ1n) is 9.22. The highest BCUT2D eigenvalue weighted by Gasteiger charge is 2.50. The number of benzene rings is 1. The summed E-state index contributed by atoms with van der Waals surface area (Å²) in [6, 6.07) is 3.85. The summed E-state index contributed by atoms with van der Waals surface area (Å²) in [7, 11) is 0. The number of aliphatic hydroxyl groups excluding tert-OH is 1. The zero-order chi connectivity index (χ0) is 21.3. The minimum absolute atomic E-state index is 0.0529. The molecule has 1 atom stereocenters. The van der Waals surface area contributed by atoms with Gasteiger partial charge in [-0.15, -0.1) is 4.73 Å². The van der Waals surface area contributed by atoms with E-state index in [-0.39, 0.29) is 34.0 Å². The van der Waals surface area contributed by atoms with Gasteiger partial charge >= 0.3 is 17.6 Å². The molecule has 0 aliphatic carbocycles. The van der Waals surface area contributed by atoms with E-state index in [1.807, 2.05) is 4.90 Å². The van der Waals surface area contributed by atoms with Gasteiger partial charge in [-0.05, 0) is 12.5 Å². The number of carbonyl (C=O) groups excluding carboxylic acids is 1. The molecule has 1 unspecified atom stereocenters. The number of fused-ring (bicyclic) bond motifs is 1. The third-order valence-corrected chi connectivity index (χ3v) is 5.03. The molecule has 0 amide bonds. The van der Waals surface area contributed by atoms with Crippen molar-refractivity contribution in [2.45, 2.75) is 32.0 Å². The predicted octanol–water partition coefficient (Wildman–Crippen LogP) is 0.879. The van der Waals surface area contributed by atoms with Crippen LogP contribution >= 0.6 is 0 Å². The molecule has 1 saturated heterocycles. The van der Waals surface area contributed by atoms with Gasteiger partial charge in [-0.3, -0.25) is 4.79 Å². The van der Waals surface area contributed by atoms with E-state index in [0.717, 1.165) is 6.07 Å². The van der Waals surface area contributed by atoms with Crippen LogP contribution in [0, 0.1) is 10.4 Å². The predicted molar refractivity (Wildman–Crippen MR) is 97.2 cm³/mol. The minimum Gasteiger partial charge on any atom is -0.618 e. The van der Waals surface area contributed by atoms with Gasteiger partial charge in [-0.25, -0.2) is 0 Å². The molecule has 0 radical (unpaired) electrons. The normalized spacial score (nSPS) is 17.7. The number of nitrogens with one attached hydrogen (secondary N) is 1. The number of halogens is 3. The van der Waals surface area contributed by atoms with E-state index in [1.54, 1.807) is 0 Å². The Bertz CT molecular complexity index is 934. The van der Waals surface area contributed by atoms with Gasteiger partial charge < -0.3 is 25.7 Å². The molecule has 158 valence electrons. The summed E-state index contributed by atoms with van der Waals surface area (Å²) in [6.07, 6.45) is -5.06. The average Bonchev–Trinajstić information content (AvgIpc) is 2.69. The number of aromatic nitrogens is 2. The highest BCUT2D eigenvalue weighted by molar-refractivity contribution is 5.94. The van der Waals surface area contributed by atoms with Crippen LogP contribution in [-0.4, -0.2) is 43.2 Å². The molecule has 1 aliphatic rings. The summed E-state index contributed by atoms with van der Waals surface area (Å²) >= 11 is 0. The van der Waals surface area contributed by atoms with Crippen LogP contribution in [-0.2, 0) is 6.18 Å². The Morgan fingerprint density at radius 1 is 1.31 bits per heavy atom. The topological polar surface area (TPSA) is 106 Å². The first-order valence-corrected chi connectivity index (χ1v) is 9.22. The highest BCUT2D eigenvalue weighted by Crippen LogP contribution is 2.31. The van der Waals surface area contributed by atoms with Crippen LogP contribution in [0.5, 0.6) is 0 Å². The lowest BCUT2D eigenvalue weighted by atomic mass is 10.1. The molecule has 2 heterocycles. The fourth-order valence-electron chi connectivity index (χ4n) is 3.63. The lowest BCUT2D eigenvalue weighted by Gasteiger charge is -2.37. The quantitative estimate of drug-likeness (QED) is 0.427. The molecule has 1 aliphatic heterocycles. The smallest absolute Gasteiger partial charge is 0.486 e. The molecule has 11 heteroatoms. The molecule has 0 bridgehead atoms. The van der Waals surface area contributed by atoms with Crippen LogP contribution in [0.1, 0.15) is 35.9 Å². The Labute approximate surface area is 164 Å². The van der Waals surface area contributed by atoms with Crippen molar-refractivity contribution in [3.05, 3.63) is 40.0 Å². The van der Waals surface area contributed by atoms with Crippen molar-refractivity contribution in [3.63, 3.8) is 0 Å². The van der Waals surface area contributed by atoms with Gasteiger partial charge in [0.2, 0.25) is 5.78 Å². The Morgan fingerprint density at radius 3 is 2.66 bits per heavy atom. The van der Waals surface area contributed by atoms with Crippen LogP contribution in [0.2, 0.25) is 0 Å². The number of carbonyl (C=O) groups is 1. The van der Waals surface area contributed by atoms with Gasteiger partial charge in [0.15, 0.2) is 0 Å². The minimum atomic E-state index is -5.16. The third kappa shape index (κ3) is 3.79. The van der Waals surface area contributed by atoms with Crippen LogP contribution in [0.4, 0.5) is 18.9 Å². The summed E-state index contributed by atoms with van der Waals surface area (Å²) in [5.41, 5.74) is -3.27. The number of ketones is 1. The second kappa shape index (κ2) is 7.99. The van der Waals surface area contributed by atoms with Gasteiger partial charge in [0.05, 0.1) is 0 Å². The summed E-state index contributed by atoms with van der Waals surface area (Å²) < 4.78 is 39.9. The summed E-state index contributed by atoms with van der Waals surface area (Å²) in [5, 5.41) is 37.7. The van der Waals surface area contributed by atoms with E-state index < -0.39 is 28.9 Å². The molecule has 1 aromatic heterocycles. The Balaban J connectivity index is 2.23. The van der Waals surface area contributed by atoms with Crippen LogP contribution in [0.15, 0.2) is 18.2 Å². The zero-order valence-electron chi connectivity index (χ0n) is 15.7. The number of alkyl halides is 3. The number of hydrogen-bond donors (Lipinski definition) is 2. The van der Waals surface area contributed by atoms with Crippen molar-refractivity contribution >= 4 is 22.5 Å². The number of nitrogens with zero attached hydrogens (tertiary/aromatic N) is 3. The second-order valence-corrected chi connectivity index (χ2v) is 6.80. The van der Waals surface area contributed by atoms with Crippen molar-refractivity contribution < 1.29 is 32.5 Å². The number of rotatable bonds is 5. The Kier molecular flexibility index (Phi) is 5.80. The number of aliphatic hydroxyl groups is 1. The van der Waals surface area contributed by atoms with Crippen molar-refractivity contribution in [1.82, 2.24) is 5.32 Å². The van der Waals surface area contributed by atoms with E-state index >= 15 is 0 Å². The SMILES string of the molecule is CCC(=O)c1c(C(F)(F)F)[n+]([O-])c2ccc(N3CCNCC3CCO)cc2[n+]1[O-]. The summed E-state index contributed by atoms with van der Waals surface area (Å²) in [5.74, 6) is -1.07. The van der Waals surface area contributed by atoms with Crippen LogP contribution in [0.3, 0.4) is 0 Å². The third-order valence-electron chi connectivity index (χ3n) is 5.03. The maximum atomic E-state index is 13.5. The fraction of sp³-hybridized carbons (Fsp3) is 0.500. The molecule has 1 aromatic carbocycles. The van der Waals surface area contributed by atoms with Gasteiger partial charge in [0, 0.05) is 56.5 Å². The molecule has 1 fully saturated rings. The van der Waals surface area contributed by atoms with Crippen molar-refractivity contribution in [2.75, 3.05) is 31.1 Å². The van der Waals surface area contributed by atoms with E-state index in [1.165, 1.54) is 19.1 Å². The number of Topliss-reactive ketones (excluding diaryl/α,β-unsaturated/α-hetero) is 1. The number of hydrogen-bond acceptors (Lipinski definition) is 6. The largest absolute Gasteiger partial charge is 0.618 e. The molecular weight excluding hydrogens is 393 g/mol. The molecular formula is C18H21F3N4O4. The maximum Gasteiger partial charge on any atom is 0.486 e. The van der Waals surface area contributed by atoms with E-state index in [4.69, 9.17) is 0 Å². The number of anilines is 1. The molecule has 3 rings (SSSR count). The van der Waals surface area contributed by atoms with E-state index in [0.29, 0.717) is 31.7 Å². The molecule has 0 spiro atoms. The lowest BCUT2D eigenvalue weighted by molar-refractivity contribution is -0.647. The Hall–Kier alpha value is -2.66. The summed E-state index contributed by atoms with van der Waals surface area (Å²) in [6.45, 7) is 3.05. The second-order valence-electron chi connectivity index (χ2n) is 6.80. The first kappa shape index (κ1) is 21.1. The van der Waals surface area contributed by atoms with Crippen LogP contribution < -0.4 is 19.7 Å². The maximum absolute atomic E-state index is 13.5. The number of piperazine rings is 1. The van der Waals surface area contributed by atoms with Gasteiger partial charge in [-0.2, -0.15) is 17.9 Å². The zero-order valence-corrected chi connectivity index (χ0v) is 15.7. The molecule has 2 aromatic rings. The molecule has 29 heavy (non-hydrogen) atoms. The van der Waals surface area contributed by atoms with Crippen molar-refractivity contribution in [3.8, 4) is 0 Å². The van der Waals surface area contributed by atoms with Crippen molar-refractivity contribution in [2.24, 2.45) is 0 Å². The highest BCUT2D eigenvalue weighted by atomic mass is 19.4. The first-order chi connectivity index (χ1) is 13.7. The van der Waals surface area contributed by atoms with Crippen molar-refractivity contribution in [1.29, 1.82) is 0 Å². The molecule has 8 nitrogen and oxygen atoms in total. The molecule has 2 N–H and O–H groups in total. The van der Waals surface area contributed by atoms with Crippen LogP contribution in [0.25, 0.3) is 11.0 Å².